The van der Waals surface area contributed by atoms with E-state index in [4.69, 9.17) is 0 Å². The van der Waals surface area contributed by atoms with E-state index in [9.17, 15) is 23.3 Å². The highest BCUT2D eigenvalue weighted by Gasteiger charge is 2.25. The summed E-state index contributed by atoms with van der Waals surface area (Å²) in [6.07, 6.45) is 3.11. The van der Waals surface area contributed by atoms with Crippen molar-refractivity contribution in [3.8, 4) is 17.1 Å². The molecule has 2 heterocycles. The molecule has 1 aliphatic heterocycles. The summed E-state index contributed by atoms with van der Waals surface area (Å²) in [5.41, 5.74) is 1.00. The zero-order valence-electron chi connectivity index (χ0n) is 21.3. The Bertz CT molecular complexity index is 1400. The van der Waals surface area contributed by atoms with Crippen LogP contribution in [0, 0.1) is 10.1 Å². The molecule has 0 atom stereocenters. The fourth-order valence-electron chi connectivity index (χ4n) is 4.38. The molecule has 0 aliphatic carbocycles. The van der Waals surface area contributed by atoms with Crippen LogP contribution in [0.25, 0.3) is 17.1 Å². The average Bonchev–Trinajstić information content (AvgIpc) is 3.37. The molecule has 13 heteroatoms. The van der Waals surface area contributed by atoms with Gasteiger partial charge in [-0.3, -0.25) is 19.5 Å². The maximum absolute atomic E-state index is 13.1. The Morgan fingerprint density at radius 2 is 1.74 bits per heavy atom. The second-order valence-electron chi connectivity index (χ2n) is 8.76. The normalized spacial score (nSPS) is 14.1. The fraction of sp³-hybridized carbons (Fsp3) is 0.400. The van der Waals surface area contributed by atoms with Gasteiger partial charge in [0.25, 0.3) is 5.69 Å². The number of piperidine rings is 1. The third-order valence-electron chi connectivity index (χ3n) is 6.42. The molecule has 0 radical (unpaired) electrons. The first-order valence-corrected chi connectivity index (χ1v) is 14.9. The number of nitrogens with zero attached hydrogens (tertiary/aromatic N) is 6. The van der Waals surface area contributed by atoms with E-state index in [0.717, 1.165) is 32.4 Å². The summed E-state index contributed by atoms with van der Waals surface area (Å²) in [7, 11) is -3.71. The van der Waals surface area contributed by atoms with Crippen molar-refractivity contribution in [2.24, 2.45) is 0 Å². The standard InChI is InChI=1S/C25H30N6O5S2/c1-3-29(4-2)38(35,36)22-10-8-9-19(17-22)24-26-27-25(37-18-23(32)28-15-6-5-7-16-28)30(24)20-11-13-21(14-12-20)31(33)34/h8-14,17H,3-7,15-16,18H2,1-2H3. The molecule has 1 aliphatic rings. The Labute approximate surface area is 226 Å². The molecule has 0 bridgehead atoms. The van der Waals surface area contributed by atoms with Gasteiger partial charge >= 0.3 is 0 Å². The molecular formula is C25H30N6O5S2. The Morgan fingerprint density at radius 3 is 2.37 bits per heavy atom. The number of nitro groups is 1. The van der Waals surface area contributed by atoms with E-state index in [1.165, 1.54) is 34.3 Å². The molecule has 3 aromatic rings. The Morgan fingerprint density at radius 1 is 1.05 bits per heavy atom. The second kappa shape index (κ2) is 12.0. The largest absolute Gasteiger partial charge is 0.342 e. The predicted molar refractivity (Wildman–Crippen MR) is 145 cm³/mol. The first-order valence-electron chi connectivity index (χ1n) is 12.5. The maximum atomic E-state index is 13.1. The number of sulfonamides is 1. The van der Waals surface area contributed by atoms with Crippen molar-refractivity contribution < 1.29 is 18.1 Å². The van der Waals surface area contributed by atoms with Gasteiger partial charge < -0.3 is 4.90 Å². The number of hydrogen-bond acceptors (Lipinski definition) is 8. The maximum Gasteiger partial charge on any atom is 0.269 e. The van der Waals surface area contributed by atoms with Crippen molar-refractivity contribution >= 4 is 33.4 Å². The molecule has 1 aromatic heterocycles. The van der Waals surface area contributed by atoms with Gasteiger partial charge in [-0.1, -0.05) is 37.7 Å². The van der Waals surface area contributed by atoms with Crippen molar-refractivity contribution in [2.45, 2.75) is 43.2 Å². The first kappa shape index (κ1) is 27.7. The van der Waals surface area contributed by atoms with Crippen LogP contribution in [0.5, 0.6) is 0 Å². The number of carbonyl (C=O) groups excluding carboxylic acids is 1. The quantitative estimate of drug-likeness (QED) is 0.207. The molecule has 0 saturated carbocycles. The van der Waals surface area contributed by atoms with Crippen molar-refractivity contribution in [3.05, 3.63) is 58.6 Å². The number of rotatable bonds is 10. The summed E-state index contributed by atoms with van der Waals surface area (Å²) in [6.45, 7) is 5.73. The van der Waals surface area contributed by atoms with E-state index in [-0.39, 0.29) is 22.2 Å². The SMILES string of the molecule is CCN(CC)S(=O)(=O)c1cccc(-c2nnc(SCC(=O)N3CCCCC3)n2-c2ccc([N+](=O)[O-])cc2)c1. The number of likely N-dealkylation sites (tertiary alicyclic amines) is 1. The van der Waals surface area contributed by atoms with Gasteiger partial charge in [-0.2, -0.15) is 4.31 Å². The highest BCUT2D eigenvalue weighted by atomic mass is 32.2. The minimum Gasteiger partial charge on any atom is -0.342 e. The first-order chi connectivity index (χ1) is 18.3. The lowest BCUT2D eigenvalue weighted by molar-refractivity contribution is -0.384. The van der Waals surface area contributed by atoms with E-state index in [0.29, 0.717) is 35.3 Å². The van der Waals surface area contributed by atoms with Gasteiger partial charge in [0.2, 0.25) is 15.9 Å². The number of benzene rings is 2. The van der Waals surface area contributed by atoms with Crippen molar-refractivity contribution in [2.75, 3.05) is 31.9 Å². The molecule has 0 N–H and O–H groups in total. The molecule has 38 heavy (non-hydrogen) atoms. The number of aromatic nitrogens is 3. The number of thioether (sulfide) groups is 1. The molecule has 1 amide bonds. The predicted octanol–water partition coefficient (Wildman–Crippen LogP) is 3.98. The van der Waals surface area contributed by atoms with Crippen LogP contribution in [0.3, 0.4) is 0 Å². The van der Waals surface area contributed by atoms with Crippen LogP contribution in [0.2, 0.25) is 0 Å². The van der Waals surface area contributed by atoms with Gasteiger partial charge in [0, 0.05) is 43.9 Å². The number of carbonyl (C=O) groups is 1. The lowest BCUT2D eigenvalue weighted by Crippen LogP contribution is -2.36. The lowest BCUT2D eigenvalue weighted by Gasteiger charge is -2.26. The van der Waals surface area contributed by atoms with E-state index >= 15 is 0 Å². The molecule has 202 valence electrons. The van der Waals surface area contributed by atoms with Crippen LogP contribution in [-0.2, 0) is 14.8 Å². The van der Waals surface area contributed by atoms with Crippen LogP contribution in [0.15, 0.2) is 58.6 Å². The number of amides is 1. The fourth-order valence-corrected chi connectivity index (χ4v) is 6.73. The van der Waals surface area contributed by atoms with Crippen molar-refractivity contribution in [1.29, 1.82) is 0 Å². The van der Waals surface area contributed by atoms with Gasteiger partial charge in [0.05, 0.1) is 21.3 Å². The Hall–Kier alpha value is -3.29. The van der Waals surface area contributed by atoms with Gasteiger partial charge in [0.15, 0.2) is 11.0 Å². The molecule has 11 nitrogen and oxygen atoms in total. The zero-order chi connectivity index (χ0) is 27.3. The second-order valence-corrected chi connectivity index (χ2v) is 11.6. The minimum atomic E-state index is -3.71. The van der Waals surface area contributed by atoms with E-state index in [1.807, 2.05) is 4.90 Å². The minimum absolute atomic E-state index is 0.0156. The molecule has 0 spiro atoms. The Balaban J connectivity index is 1.73. The third kappa shape index (κ3) is 5.89. The van der Waals surface area contributed by atoms with Crippen LogP contribution >= 0.6 is 11.8 Å². The van der Waals surface area contributed by atoms with Crippen LogP contribution in [-0.4, -0.2) is 75.1 Å². The molecule has 4 rings (SSSR count). The highest BCUT2D eigenvalue weighted by Crippen LogP contribution is 2.31. The summed E-state index contributed by atoms with van der Waals surface area (Å²) >= 11 is 1.23. The van der Waals surface area contributed by atoms with Gasteiger partial charge in [0.1, 0.15) is 0 Å². The third-order valence-corrected chi connectivity index (χ3v) is 9.38. The summed E-state index contributed by atoms with van der Waals surface area (Å²) in [6, 6.07) is 12.4. The summed E-state index contributed by atoms with van der Waals surface area (Å²) in [5, 5.41) is 20.3. The van der Waals surface area contributed by atoms with Crippen LogP contribution < -0.4 is 0 Å². The number of non-ortho nitro benzene ring substituents is 1. The van der Waals surface area contributed by atoms with Crippen molar-refractivity contribution in [1.82, 2.24) is 24.0 Å². The molecule has 0 unspecified atom stereocenters. The van der Waals surface area contributed by atoms with Gasteiger partial charge in [-0.15, -0.1) is 10.2 Å². The van der Waals surface area contributed by atoms with E-state index < -0.39 is 14.9 Å². The highest BCUT2D eigenvalue weighted by molar-refractivity contribution is 7.99. The van der Waals surface area contributed by atoms with Gasteiger partial charge in [-0.05, 0) is 43.5 Å². The molecular weight excluding hydrogens is 528 g/mol. The average molecular weight is 559 g/mol. The molecule has 1 fully saturated rings. The van der Waals surface area contributed by atoms with Crippen LogP contribution in [0.4, 0.5) is 5.69 Å². The zero-order valence-corrected chi connectivity index (χ0v) is 22.9. The Kier molecular flexibility index (Phi) is 8.80. The summed E-state index contributed by atoms with van der Waals surface area (Å²) in [5.74, 6) is 0.548. The van der Waals surface area contributed by atoms with Crippen LogP contribution in [0.1, 0.15) is 33.1 Å². The smallest absolute Gasteiger partial charge is 0.269 e. The summed E-state index contributed by atoms with van der Waals surface area (Å²) in [4.78, 5) is 25.5. The number of hydrogen-bond donors (Lipinski definition) is 0. The van der Waals surface area contributed by atoms with E-state index in [2.05, 4.69) is 10.2 Å². The van der Waals surface area contributed by atoms with Crippen molar-refractivity contribution in [3.63, 3.8) is 0 Å². The topological polar surface area (TPSA) is 132 Å². The molecule has 2 aromatic carbocycles. The van der Waals surface area contributed by atoms with E-state index in [1.54, 1.807) is 48.7 Å². The monoisotopic (exact) mass is 558 g/mol. The lowest BCUT2D eigenvalue weighted by atomic mass is 10.1. The van der Waals surface area contributed by atoms with Gasteiger partial charge in [-0.25, -0.2) is 8.42 Å². The molecule has 1 saturated heterocycles. The summed E-state index contributed by atoms with van der Waals surface area (Å²) < 4.78 is 29.4. The number of nitro benzene ring substituents is 1.